The van der Waals surface area contributed by atoms with Gasteiger partial charge in [0.25, 0.3) is 0 Å². The summed E-state index contributed by atoms with van der Waals surface area (Å²) in [5.74, 6) is 0.387. The number of aromatic nitrogens is 4. The van der Waals surface area contributed by atoms with Crippen molar-refractivity contribution in [1.82, 2.24) is 19.5 Å². The van der Waals surface area contributed by atoms with Crippen molar-refractivity contribution in [2.45, 2.75) is 37.5 Å². The average molecular weight is 520 g/mol. The van der Waals surface area contributed by atoms with Crippen LogP contribution in [-0.2, 0) is 15.8 Å². The van der Waals surface area contributed by atoms with Crippen LogP contribution in [0, 0.1) is 0 Å². The van der Waals surface area contributed by atoms with Gasteiger partial charge in [-0.2, -0.15) is 9.97 Å². The summed E-state index contributed by atoms with van der Waals surface area (Å²) in [5, 5.41) is 26.4. The molecule has 0 amide bonds. The molecule has 5 rings (SSSR count). The molecule has 3 heterocycles. The van der Waals surface area contributed by atoms with E-state index in [-0.39, 0.29) is 17.4 Å². The highest BCUT2D eigenvalue weighted by atomic mass is 35.5. The van der Waals surface area contributed by atoms with Gasteiger partial charge in [-0.25, -0.2) is 4.98 Å². The predicted molar refractivity (Wildman–Crippen MR) is 129 cm³/mol. The van der Waals surface area contributed by atoms with Crippen LogP contribution in [0.4, 0.5) is 5.82 Å². The molecule has 1 fully saturated rings. The third-order valence-electron chi connectivity index (χ3n) is 6.04. The lowest BCUT2D eigenvalue weighted by molar-refractivity contribution is -0.0355. The Bertz CT molecular complexity index is 1420. The zero-order valence-corrected chi connectivity index (χ0v) is 19.9. The maximum Gasteiger partial charge on any atom is 0.325 e. The average Bonchev–Trinajstić information content (AvgIpc) is 3.36. The van der Waals surface area contributed by atoms with Gasteiger partial charge in [-0.15, -0.1) is 0 Å². The molecule has 2 aromatic carbocycles. The van der Waals surface area contributed by atoms with Crippen LogP contribution in [0.1, 0.15) is 18.2 Å². The number of hydrogen-bond acceptors (Lipinski definition) is 8. The van der Waals surface area contributed by atoms with Crippen LogP contribution >= 0.6 is 19.2 Å². The van der Waals surface area contributed by atoms with Crippen molar-refractivity contribution in [3.05, 3.63) is 59.6 Å². The molecule has 11 nitrogen and oxygen atoms in total. The third kappa shape index (κ3) is 4.89. The van der Waals surface area contributed by atoms with E-state index in [4.69, 9.17) is 26.1 Å². The van der Waals surface area contributed by atoms with Crippen LogP contribution in [0.3, 0.4) is 0 Å². The summed E-state index contributed by atoms with van der Waals surface area (Å²) in [6, 6.07) is 14.1. The lowest BCUT2D eigenvalue weighted by Gasteiger charge is -2.17. The van der Waals surface area contributed by atoms with Gasteiger partial charge in [-0.1, -0.05) is 42.5 Å². The summed E-state index contributed by atoms with van der Waals surface area (Å²) in [5.41, 5.74) is 1.71. The van der Waals surface area contributed by atoms with Gasteiger partial charge in [0.2, 0.25) is 5.28 Å². The zero-order valence-electron chi connectivity index (χ0n) is 18.3. The number of ether oxygens (including phenoxy) is 1. The first-order valence-electron chi connectivity index (χ1n) is 10.9. The van der Waals surface area contributed by atoms with Crippen LogP contribution in [0.15, 0.2) is 48.8 Å². The molecule has 1 aliphatic heterocycles. The van der Waals surface area contributed by atoms with Crippen molar-refractivity contribution in [2.24, 2.45) is 0 Å². The molecule has 1 aliphatic rings. The number of rotatable bonds is 7. The van der Waals surface area contributed by atoms with E-state index in [1.807, 2.05) is 42.5 Å². The fourth-order valence-corrected chi connectivity index (χ4v) is 5.07. The topological polar surface area (TPSA) is 163 Å². The van der Waals surface area contributed by atoms with E-state index in [9.17, 15) is 14.8 Å². The highest BCUT2D eigenvalue weighted by molar-refractivity contribution is 7.51. The van der Waals surface area contributed by atoms with Crippen molar-refractivity contribution in [1.29, 1.82) is 0 Å². The van der Waals surface area contributed by atoms with E-state index in [0.717, 1.165) is 16.3 Å². The standard InChI is InChI=1S/C22H23ClN5O6P/c23-22-26-19(24-10-13-6-3-5-12-4-1-2-7-14(12)13)16-20(27-22)28(11-25-16)21-18(30)17(29)15(34-21)8-9-35(31,32)33/h1-7,11,15,17-18,21,29-30H,8-10H2,(H,24,26,27)(H2,31,32,33)/t15-,17?,18+,21-/m1/s1. The second-order valence-corrected chi connectivity index (χ2v) is 10.5. The number of imidazole rings is 1. The van der Waals surface area contributed by atoms with Gasteiger partial charge < -0.3 is 30.1 Å². The Labute approximate surface area is 204 Å². The van der Waals surface area contributed by atoms with Gasteiger partial charge in [0, 0.05) is 6.54 Å². The molecule has 1 saturated heterocycles. The number of halogens is 1. The Morgan fingerprint density at radius 1 is 1.09 bits per heavy atom. The van der Waals surface area contributed by atoms with E-state index in [0.29, 0.717) is 17.9 Å². The molecule has 0 bridgehead atoms. The fourth-order valence-electron chi connectivity index (χ4n) is 4.32. The number of anilines is 1. The van der Waals surface area contributed by atoms with Crippen LogP contribution in [-0.4, -0.2) is 64.0 Å². The molecule has 0 saturated carbocycles. The number of fused-ring (bicyclic) bond motifs is 2. The number of hydrogen-bond donors (Lipinski definition) is 5. The fraction of sp³-hybridized carbons (Fsp3) is 0.318. The minimum atomic E-state index is -4.28. The number of benzene rings is 2. The lowest BCUT2D eigenvalue weighted by Crippen LogP contribution is -2.31. The SMILES string of the molecule is O=P(O)(O)CC[C@H]1O[C@@H](n2cnc3c(NCc4cccc5ccccc45)nc(Cl)nc32)[C@@H](O)C1O. The summed E-state index contributed by atoms with van der Waals surface area (Å²) in [6.07, 6.45) is -3.96. The summed E-state index contributed by atoms with van der Waals surface area (Å²) in [7, 11) is -4.28. The summed E-state index contributed by atoms with van der Waals surface area (Å²) >= 11 is 6.19. The van der Waals surface area contributed by atoms with E-state index >= 15 is 0 Å². The van der Waals surface area contributed by atoms with Gasteiger partial charge in [0.05, 0.1) is 18.6 Å². The van der Waals surface area contributed by atoms with Crippen LogP contribution in [0.25, 0.3) is 21.9 Å². The molecule has 0 radical (unpaired) electrons. The molecule has 184 valence electrons. The summed E-state index contributed by atoms with van der Waals surface area (Å²) in [4.78, 5) is 31.1. The summed E-state index contributed by atoms with van der Waals surface area (Å²) < 4.78 is 18.4. The van der Waals surface area contributed by atoms with Crippen LogP contribution < -0.4 is 5.32 Å². The molecule has 0 spiro atoms. The first-order chi connectivity index (χ1) is 16.7. The van der Waals surface area contributed by atoms with Crippen molar-refractivity contribution < 1.29 is 29.3 Å². The number of aliphatic hydroxyl groups is 2. The van der Waals surface area contributed by atoms with Gasteiger partial charge in [-0.05, 0) is 34.4 Å². The van der Waals surface area contributed by atoms with Crippen molar-refractivity contribution in [3.8, 4) is 0 Å². The molecule has 4 aromatic rings. The maximum atomic E-state index is 11.2. The van der Waals surface area contributed by atoms with Crippen LogP contribution in [0.2, 0.25) is 5.28 Å². The Morgan fingerprint density at radius 3 is 2.66 bits per heavy atom. The highest BCUT2D eigenvalue weighted by Crippen LogP contribution is 2.39. The third-order valence-corrected chi connectivity index (χ3v) is 7.05. The number of nitrogens with zero attached hydrogens (tertiary/aromatic N) is 4. The lowest BCUT2D eigenvalue weighted by atomic mass is 10.0. The van der Waals surface area contributed by atoms with Gasteiger partial charge in [0.15, 0.2) is 23.2 Å². The molecule has 13 heteroatoms. The Balaban J connectivity index is 1.41. The van der Waals surface area contributed by atoms with Crippen molar-refractivity contribution in [3.63, 3.8) is 0 Å². The van der Waals surface area contributed by atoms with Gasteiger partial charge >= 0.3 is 7.60 Å². The second kappa shape index (κ2) is 9.44. The van der Waals surface area contributed by atoms with Gasteiger partial charge in [0.1, 0.15) is 12.2 Å². The molecule has 1 unspecified atom stereocenters. The Hall–Kier alpha value is -2.63. The molecule has 5 N–H and O–H groups in total. The van der Waals surface area contributed by atoms with E-state index in [2.05, 4.69) is 20.3 Å². The maximum absolute atomic E-state index is 11.2. The van der Waals surface area contributed by atoms with Crippen molar-refractivity contribution in [2.75, 3.05) is 11.5 Å². The quantitative estimate of drug-likeness (QED) is 0.181. The number of nitrogens with one attached hydrogen (secondary N) is 1. The smallest absolute Gasteiger partial charge is 0.325 e. The Kier molecular flexibility index (Phi) is 6.49. The zero-order chi connectivity index (χ0) is 24.7. The van der Waals surface area contributed by atoms with Gasteiger partial charge in [-0.3, -0.25) is 9.13 Å². The highest BCUT2D eigenvalue weighted by Gasteiger charge is 2.44. The molecule has 4 atom stereocenters. The normalized spacial score (nSPS) is 22.8. The van der Waals surface area contributed by atoms with E-state index in [1.54, 1.807) is 0 Å². The molecular formula is C22H23ClN5O6P. The Morgan fingerprint density at radius 2 is 1.86 bits per heavy atom. The molecular weight excluding hydrogens is 497 g/mol. The summed E-state index contributed by atoms with van der Waals surface area (Å²) in [6.45, 7) is 0.447. The monoisotopic (exact) mass is 519 g/mol. The van der Waals surface area contributed by atoms with E-state index < -0.39 is 38.3 Å². The first-order valence-corrected chi connectivity index (χ1v) is 13.1. The molecule has 2 aromatic heterocycles. The minimum Gasteiger partial charge on any atom is -0.388 e. The van der Waals surface area contributed by atoms with Crippen molar-refractivity contribution >= 4 is 47.0 Å². The second-order valence-electron chi connectivity index (χ2n) is 8.38. The predicted octanol–water partition coefficient (Wildman–Crippen LogP) is 2.43. The number of aliphatic hydroxyl groups excluding tert-OH is 2. The largest absolute Gasteiger partial charge is 0.388 e. The van der Waals surface area contributed by atoms with Crippen LogP contribution in [0.5, 0.6) is 0 Å². The molecule has 0 aliphatic carbocycles. The first kappa shape index (κ1) is 24.1. The minimum absolute atomic E-state index is 0.0502. The molecule has 35 heavy (non-hydrogen) atoms. The van der Waals surface area contributed by atoms with E-state index in [1.165, 1.54) is 10.9 Å².